The van der Waals surface area contributed by atoms with Crippen LogP contribution >= 0.6 is 0 Å². The van der Waals surface area contributed by atoms with Crippen molar-refractivity contribution in [3.8, 4) is 22.8 Å². The highest BCUT2D eigenvalue weighted by atomic mass is 127. The molecule has 0 radical (unpaired) electrons. The van der Waals surface area contributed by atoms with Crippen LogP contribution < -0.4 is 39.3 Å². The van der Waals surface area contributed by atoms with Crippen LogP contribution in [0.3, 0.4) is 0 Å². The van der Waals surface area contributed by atoms with E-state index >= 15 is 0 Å². The van der Waals surface area contributed by atoms with Gasteiger partial charge in [0.1, 0.15) is 35.9 Å². The summed E-state index contributed by atoms with van der Waals surface area (Å²) < 4.78 is 22.5. The number of halogens is 2. The van der Waals surface area contributed by atoms with E-state index in [9.17, 15) is 4.39 Å². The van der Waals surface area contributed by atoms with E-state index in [4.69, 9.17) is 15.6 Å². The number of nitrogens with zero attached hydrogens (tertiary/aromatic N) is 4. The van der Waals surface area contributed by atoms with Crippen LogP contribution in [0.1, 0.15) is 12.5 Å². The number of nitrogens with two attached hydrogens (primary N) is 1. The van der Waals surface area contributed by atoms with Gasteiger partial charge in [-0.15, -0.1) is 0 Å². The van der Waals surface area contributed by atoms with Crippen LogP contribution in [0.5, 0.6) is 11.5 Å². The van der Waals surface area contributed by atoms with E-state index in [1.165, 1.54) is 11.2 Å². The first kappa shape index (κ1) is 22.4. The fourth-order valence-corrected chi connectivity index (χ4v) is 4.16. The molecule has 4 aromatic rings. The lowest BCUT2D eigenvalue weighted by molar-refractivity contribution is -0.888. The van der Waals surface area contributed by atoms with Crippen molar-refractivity contribution in [2.45, 2.75) is 18.6 Å². The van der Waals surface area contributed by atoms with Crippen molar-refractivity contribution in [3.63, 3.8) is 0 Å². The van der Waals surface area contributed by atoms with Crippen molar-refractivity contribution >= 4 is 16.9 Å². The average Bonchev–Trinajstić information content (AvgIpc) is 3.16. The summed E-state index contributed by atoms with van der Waals surface area (Å²) in [5.74, 6) is 1.82. The SMILES string of the molecule is C[NH+]1CC[C@H](n2nc(-c3ccc(Oc4ccccc4)cc3)c3c(N)ncnc32)[C@H](F)C1.[I-]. The number of nitrogen functional groups attached to an aromatic ring is 1. The highest BCUT2D eigenvalue weighted by Crippen LogP contribution is 2.34. The fraction of sp³-hybridized carbons (Fsp3) is 0.261. The normalized spacial score (nSPS) is 20.6. The van der Waals surface area contributed by atoms with Crippen molar-refractivity contribution in [1.82, 2.24) is 19.7 Å². The van der Waals surface area contributed by atoms with Crippen molar-refractivity contribution in [2.75, 3.05) is 25.9 Å². The topological polar surface area (TPSA) is 83.3 Å². The molecule has 5 rings (SSSR count). The van der Waals surface area contributed by atoms with Crippen molar-refractivity contribution in [1.29, 1.82) is 0 Å². The maximum Gasteiger partial charge on any atom is 0.171 e. The van der Waals surface area contributed by atoms with Gasteiger partial charge in [-0.05, 0) is 36.4 Å². The Morgan fingerprint density at radius 2 is 1.78 bits per heavy atom. The van der Waals surface area contributed by atoms with Gasteiger partial charge < -0.3 is 39.3 Å². The van der Waals surface area contributed by atoms with E-state index in [1.54, 1.807) is 4.68 Å². The number of para-hydroxylation sites is 1. The molecule has 1 aliphatic heterocycles. The van der Waals surface area contributed by atoms with E-state index in [1.807, 2.05) is 61.6 Å². The van der Waals surface area contributed by atoms with Gasteiger partial charge in [0.05, 0.1) is 25.0 Å². The Bertz CT molecular complexity index is 1200. The number of ether oxygens (including phenoxy) is 1. The average molecular weight is 546 g/mol. The number of anilines is 1. The van der Waals surface area contributed by atoms with E-state index in [0.29, 0.717) is 41.3 Å². The Morgan fingerprint density at radius 3 is 2.50 bits per heavy atom. The van der Waals surface area contributed by atoms with Gasteiger partial charge in [-0.3, -0.25) is 0 Å². The van der Waals surface area contributed by atoms with E-state index < -0.39 is 6.17 Å². The Kier molecular flexibility index (Phi) is 6.56. The minimum Gasteiger partial charge on any atom is -1.00 e. The molecule has 2 aromatic carbocycles. The van der Waals surface area contributed by atoms with Gasteiger partial charge in [0, 0.05) is 12.0 Å². The summed E-state index contributed by atoms with van der Waals surface area (Å²) in [6.45, 7) is 1.33. The van der Waals surface area contributed by atoms with Gasteiger partial charge in [-0.1, -0.05) is 18.2 Å². The van der Waals surface area contributed by atoms with Crippen LogP contribution in [0.4, 0.5) is 10.2 Å². The molecule has 3 atom stereocenters. The zero-order chi connectivity index (χ0) is 21.4. The zero-order valence-electron chi connectivity index (χ0n) is 17.6. The number of likely N-dealkylation sites (tertiary alicyclic amines) is 1. The molecular formula is C23H24FIN6O. The van der Waals surface area contributed by atoms with Crippen LogP contribution in [-0.2, 0) is 0 Å². The van der Waals surface area contributed by atoms with Crippen molar-refractivity contribution in [2.24, 2.45) is 0 Å². The number of hydrogen-bond acceptors (Lipinski definition) is 5. The van der Waals surface area contributed by atoms with Gasteiger partial charge in [0.25, 0.3) is 0 Å². The number of alkyl halides is 1. The first-order valence-corrected chi connectivity index (χ1v) is 10.4. The molecule has 0 spiro atoms. The van der Waals surface area contributed by atoms with Crippen LogP contribution in [0.2, 0.25) is 0 Å². The summed E-state index contributed by atoms with van der Waals surface area (Å²) in [7, 11) is 2.01. The molecule has 1 fully saturated rings. The van der Waals surface area contributed by atoms with Crippen LogP contribution in [0, 0.1) is 0 Å². The van der Waals surface area contributed by atoms with Gasteiger partial charge in [0.2, 0.25) is 0 Å². The Morgan fingerprint density at radius 1 is 1.06 bits per heavy atom. The molecule has 2 aromatic heterocycles. The van der Waals surface area contributed by atoms with E-state index in [0.717, 1.165) is 17.9 Å². The Hall–Kier alpha value is -2.79. The van der Waals surface area contributed by atoms with Gasteiger partial charge in [-0.2, -0.15) is 5.10 Å². The molecule has 1 unspecified atom stereocenters. The second-order valence-electron chi connectivity index (χ2n) is 7.97. The molecule has 32 heavy (non-hydrogen) atoms. The summed E-state index contributed by atoms with van der Waals surface area (Å²) in [6.07, 6.45) is 1.10. The number of hydrogen-bond donors (Lipinski definition) is 2. The van der Waals surface area contributed by atoms with Crippen LogP contribution in [0.25, 0.3) is 22.3 Å². The maximum atomic E-state index is 14.9. The maximum absolute atomic E-state index is 14.9. The lowest BCUT2D eigenvalue weighted by Gasteiger charge is -2.29. The first-order valence-electron chi connectivity index (χ1n) is 10.4. The number of nitrogens with one attached hydrogen (secondary N) is 1. The fourth-order valence-electron chi connectivity index (χ4n) is 4.16. The number of rotatable bonds is 4. The van der Waals surface area contributed by atoms with Gasteiger partial charge in [0.15, 0.2) is 11.8 Å². The highest BCUT2D eigenvalue weighted by molar-refractivity contribution is 5.98. The number of fused-ring (bicyclic) bond motifs is 1. The predicted octanol–water partition coefficient (Wildman–Crippen LogP) is -0.331. The number of benzene rings is 2. The molecule has 0 saturated carbocycles. The monoisotopic (exact) mass is 546 g/mol. The highest BCUT2D eigenvalue weighted by Gasteiger charge is 2.34. The summed E-state index contributed by atoms with van der Waals surface area (Å²) in [5.41, 5.74) is 8.27. The third-order valence-corrected chi connectivity index (χ3v) is 5.77. The summed E-state index contributed by atoms with van der Waals surface area (Å²) in [6, 6.07) is 16.8. The van der Waals surface area contributed by atoms with Crippen molar-refractivity contribution in [3.05, 3.63) is 60.9 Å². The molecule has 3 heterocycles. The quantitative estimate of drug-likeness (QED) is 0.343. The standard InChI is InChI=1S/C23H23FN6O.HI/c1-29-12-11-19(18(24)13-29)30-23-20(22(25)26-14-27-23)21(28-30)15-7-9-17(10-8-15)31-16-5-3-2-4-6-16;/h2-10,14,18-19H,11-13H2,1H3,(H2,25,26,27);1H/t18-,19+;/m1./s1. The second-order valence-corrected chi connectivity index (χ2v) is 7.97. The molecular weight excluding hydrogens is 522 g/mol. The van der Waals surface area contributed by atoms with E-state index in [-0.39, 0.29) is 30.0 Å². The summed E-state index contributed by atoms with van der Waals surface area (Å²) >= 11 is 0. The van der Waals surface area contributed by atoms with E-state index in [2.05, 4.69) is 9.97 Å². The molecule has 0 bridgehead atoms. The lowest BCUT2D eigenvalue weighted by atomic mass is 10.0. The van der Waals surface area contributed by atoms with Gasteiger partial charge >= 0.3 is 0 Å². The van der Waals surface area contributed by atoms with Gasteiger partial charge in [-0.25, -0.2) is 19.0 Å². The Balaban J connectivity index is 0.00000245. The molecule has 1 saturated heterocycles. The second kappa shape index (κ2) is 9.37. The lowest BCUT2D eigenvalue weighted by Crippen LogP contribution is -3.11. The number of piperidine rings is 1. The third-order valence-electron chi connectivity index (χ3n) is 5.77. The molecule has 0 amide bonds. The summed E-state index contributed by atoms with van der Waals surface area (Å²) in [5, 5.41) is 5.43. The third kappa shape index (κ3) is 4.26. The smallest absolute Gasteiger partial charge is 0.171 e. The minimum atomic E-state index is -0.998. The largest absolute Gasteiger partial charge is 1.00 e. The molecule has 0 aliphatic carbocycles. The molecule has 7 nitrogen and oxygen atoms in total. The number of quaternary nitrogens is 1. The predicted molar refractivity (Wildman–Crippen MR) is 117 cm³/mol. The molecule has 166 valence electrons. The molecule has 1 aliphatic rings. The Labute approximate surface area is 202 Å². The van der Waals surface area contributed by atoms with Crippen LogP contribution in [0.15, 0.2) is 60.9 Å². The van der Waals surface area contributed by atoms with Crippen LogP contribution in [-0.4, -0.2) is 46.1 Å². The molecule has 3 N–H and O–H groups in total. The van der Waals surface area contributed by atoms with Crippen molar-refractivity contribution < 1.29 is 38.0 Å². The first-order chi connectivity index (χ1) is 15.1. The number of aromatic nitrogens is 4. The minimum absolute atomic E-state index is 0. The molecule has 9 heteroatoms. The zero-order valence-corrected chi connectivity index (χ0v) is 19.7. The summed E-state index contributed by atoms with van der Waals surface area (Å²) in [4.78, 5) is 9.73.